The Kier molecular flexibility index (Phi) is 2.69. The molecule has 1 aromatic rings. The molecule has 72 valence electrons. The van der Waals surface area contributed by atoms with Crippen LogP contribution in [0.25, 0.3) is 0 Å². The van der Waals surface area contributed by atoms with E-state index < -0.39 is 0 Å². The summed E-state index contributed by atoms with van der Waals surface area (Å²) < 4.78 is 0. The van der Waals surface area contributed by atoms with Crippen LogP contribution in [0.1, 0.15) is 45.0 Å². The summed E-state index contributed by atoms with van der Waals surface area (Å²) in [5, 5.41) is 0. The summed E-state index contributed by atoms with van der Waals surface area (Å²) in [6.45, 7) is 10.8. The molecule has 2 nitrogen and oxygen atoms in total. The van der Waals surface area contributed by atoms with Gasteiger partial charge in [0.2, 0.25) is 0 Å². The lowest BCUT2D eigenvalue weighted by atomic mass is 9.79. The maximum Gasteiger partial charge on any atom is 0.125 e. The van der Waals surface area contributed by atoms with E-state index in [-0.39, 0.29) is 5.41 Å². The van der Waals surface area contributed by atoms with Gasteiger partial charge in [0.15, 0.2) is 0 Å². The Bertz CT molecular complexity index is 269. The third-order valence-corrected chi connectivity index (χ3v) is 2.60. The van der Waals surface area contributed by atoms with Crippen molar-refractivity contribution in [2.24, 2.45) is 5.41 Å². The predicted octanol–water partition coefficient (Wildman–Crippen LogP) is 2.93. The second-order valence-electron chi connectivity index (χ2n) is 4.65. The maximum absolute atomic E-state index is 4.20. The molecule has 0 aliphatic carbocycles. The van der Waals surface area contributed by atoms with E-state index in [1.165, 1.54) is 5.56 Å². The third-order valence-electron chi connectivity index (χ3n) is 2.60. The van der Waals surface area contributed by atoms with Gasteiger partial charge in [0, 0.05) is 12.4 Å². The highest BCUT2D eigenvalue weighted by Crippen LogP contribution is 2.33. The van der Waals surface area contributed by atoms with Crippen molar-refractivity contribution in [1.82, 2.24) is 9.97 Å². The van der Waals surface area contributed by atoms with Gasteiger partial charge in [-0.15, -0.1) is 0 Å². The van der Waals surface area contributed by atoms with Crippen LogP contribution in [0.3, 0.4) is 0 Å². The molecule has 1 rings (SSSR count). The van der Waals surface area contributed by atoms with Gasteiger partial charge in [-0.1, -0.05) is 27.7 Å². The summed E-state index contributed by atoms with van der Waals surface area (Å²) >= 11 is 0. The Labute approximate surface area is 80.4 Å². The fraction of sp³-hybridized carbons (Fsp3) is 0.636. The zero-order valence-corrected chi connectivity index (χ0v) is 9.13. The molecule has 1 atom stereocenters. The summed E-state index contributed by atoms with van der Waals surface area (Å²) in [7, 11) is 0. The lowest BCUT2D eigenvalue weighted by molar-refractivity contribution is 0.338. The standard InChI is InChI=1S/C11H18N2/c1-8(11(3,4)5)10-6-12-9(2)13-7-10/h6-8H,1-5H3/t8-/m1/s1. The van der Waals surface area contributed by atoms with Gasteiger partial charge in [-0.05, 0) is 23.8 Å². The number of aryl methyl sites for hydroxylation is 1. The zero-order valence-electron chi connectivity index (χ0n) is 9.13. The van der Waals surface area contributed by atoms with Crippen LogP contribution in [0.15, 0.2) is 12.4 Å². The van der Waals surface area contributed by atoms with Crippen molar-refractivity contribution < 1.29 is 0 Å². The average molecular weight is 178 g/mol. The SMILES string of the molecule is Cc1ncc([C@@H](C)C(C)(C)C)cn1. The molecule has 0 bridgehead atoms. The van der Waals surface area contributed by atoms with Crippen molar-refractivity contribution in [1.29, 1.82) is 0 Å². The van der Waals surface area contributed by atoms with Crippen LogP contribution in [0.2, 0.25) is 0 Å². The minimum Gasteiger partial charge on any atom is -0.241 e. The van der Waals surface area contributed by atoms with Gasteiger partial charge in [-0.3, -0.25) is 0 Å². The van der Waals surface area contributed by atoms with Gasteiger partial charge in [-0.2, -0.15) is 0 Å². The Balaban J connectivity index is 2.90. The molecule has 0 fully saturated rings. The fourth-order valence-electron chi connectivity index (χ4n) is 1.13. The van der Waals surface area contributed by atoms with E-state index in [1.807, 2.05) is 19.3 Å². The second-order valence-corrected chi connectivity index (χ2v) is 4.65. The van der Waals surface area contributed by atoms with Crippen molar-refractivity contribution in [2.75, 3.05) is 0 Å². The highest BCUT2D eigenvalue weighted by molar-refractivity contribution is 5.13. The van der Waals surface area contributed by atoms with E-state index in [0.717, 1.165) is 5.82 Å². The Morgan fingerprint density at radius 2 is 1.62 bits per heavy atom. The minimum absolute atomic E-state index is 0.276. The van der Waals surface area contributed by atoms with E-state index in [4.69, 9.17) is 0 Å². The van der Waals surface area contributed by atoms with Crippen LogP contribution >= 0.6 is 0 Å². The fourth-order valence-corrected chi connectivity index (χ4v) is 1.13. The predicted molar refractivity (Wildman–Crippen MR) is 54.6 cm³/mol. The van der Waals surface area contributed by atoms with Crippen molar-refractivity contribution in [2.45, 2.75) is 40.5 Å². The van der Waals surface area contributed by atoms with E-state index in [9.17, 15) is 0 Å². The van der Waals surface area contributed by atoms with Crippen LogP contribution in [0, 0.1) is 12.3 Å². The van der Waals surface area contributed by atoms with Gasteiger partial charge < -0.3 is 0 Å². The van der Waals surface area contributed by atoms with Crippen LogP contribution in [-0.2, 0) is 0 Å². The molecular formula is C11H18N2. The quantitative estimate of drug-likeness (QED) is 0.660. The van der Waals surface area contributed by atoms with Crippen molar-refractivity contribution in [3.8, 4) is 0 Å². The topological polar surface area (TPSA) is 25.8 Å². The number of hydrogen-bond donors (Lipinski definition) is 0. The van der Waals surface area contributed by atoms with E-state index in [2.05, 4.69) is 37.7 Å². The van der Waals surface area contributed by atoms with Crippen molar-refractivity contribution in [3.05, 3.63) is 23.8 Å². The first-order chi connectivity index (χ1) is 5.91. The average Bonchev–Trinajstić information content (AvgIpc) is 2.03. The largest absolute Gasteiger partial charge is 0.241 e. The van der Waals surface area contributed by atoms with Gasteiger partial charge >= 0.3 is 0 Å². The first-order valence-electron chi connectivity index (χ1n) is 4.70. The molecule has 0 aromatic carbocycles. The first kappa shape index (κ1) is 10.2. The second kappa shape index (κ2) is 3.44. The Hall–Kier alpha value is -0.920. The molecule has 0 aliphatic heterocycles. The van der Waals surface area contributed by atoms with Gasteiger partial charge in [0.25, 0.3) is 0 Å². The summed E-state index contributed by atoms with van der Waals surface area (Å²) in [6.07, 6.45) is 3.86. The molecule has 0 amide bonds. The monoisotopic (exact) mass is 178 g/mol. The van der Waals surface area contributed by atoms with Crippen LogP contribution < -0.4 is 0 Å². The van der Waals surface area contributed by atoms with Crippen LogP contribution in [-0.4, -0.2) is 9.97 Å². The van der Waals surface area contributed by atoms with Crippen LogP contribution in [0.4, 0.5) is 0 Å². The number of nitrogens with zero attached hydrogens (tertiary/aromatic N) is 2. The Morgan fingerprint density at radius 3 is 2.00 bits per heavy atom. The third kappa shape index (κ3) is 2.51. The summed E-state index contributed by atoms with van der Waals surface area (Å²) in [5.74, 6) is 1.33. The lowest BCUT2D eigenvalue weighted by Crippen LogP contribution is -2.15. The highest BCUT2D eigenvalue weighted by atomic mass is 14.8. The zero-order chi connectivity index (χ0) is 10.1. The molecule has 0 N–H and O–H groups in total. The normalized spacial score (nSPS) is 14.2. The molecular weight excluding hydrogens is 160 g/mol. The van der Waals surface area contributed by atoms with Crippen LogP contribution in [0.5, 0.6) is 0 Å². The maximum atomic E-state index is 4.20. The number of hydrogen-bond acceptors (Lipinski definition) is 2. The highest BCUT2D eigenvalue weighted by Gasteiger charge is 2.21. The molecule has 0 aliphatic rings. The summed E-state index contributed by atoms with van der Waals surface area (Å²) in [5.41, 5.74) is 1.50. The molecule has 0 unspecified atom stereocenters. The van der Waals surface area contributed by atoms with Crippen molar-refractivity contribution >= 4 is 0 Å². The number of rotatable bonds is 1. The van der Waals surface area contributed by atoms with Gasteiger partial charge in [-0.25, -0.2) is 9.97 Å². The number of aromatic nitrogens is 2. The first-order valence-corrected chi connectivity index (χ1v) is 4.70. The molecule has 1 heterocycles. The van der Waals surface area contributed by atoms with Gasteiger partial charge in [0.1, 0.15) is 5.82 Å². The molecule has 13 heavy (non-hydrogen) atoms. The van der Waals surface area contributed by atoms with E-state index >= 15 is 0 Å². The molecule has 0 spiro atoms. The molecule has 1 aromatic heterocycles. The van der Waals surface area contributed by atoms with E-state index in [0.29, 0.717) is 5.92 Å². The molecule has 0 saturated carbocycles. The lowest BCUT2D eigenvalue weighted by Gasteiger charge is -2.26. The van der Waals surface area contributed by atoms with E-state index in [1.54, 1.807) is 0 Å². The van der Waals surface area contributed by atoms with Gasteiger partial charge in [0.05, 0.1) is 0 Å². The molecule has 0 radical (unpaired) electrons. The smallest absolute Gasteiger partial charge is 0.125 e. The summed E-state index contributed by atoms with van der Waals surface area (Å²) in [6, 6.07) is 0. The summed E-state index contributed by atoms with van der Waals surface area (Å²) in [4.78, 5) is 8.41. The minimum atomic E-state index is 0.276. The molecule has 0 saturated heterocycles. The van der Waals surface area contributed by atoms with Crippen molar-refractivity contribution in [3.63, 3.8) is 0 Å². The molecule has 2 heteroatoms. The Morgan fingerprint density at radius 1 is 1.15 bits per heavy atom.